The number of rotatable bonds is 15. The number of thiophene rings is 3. The molecule has 19 aromatic carbocycles. The second-order valence-electron chi connectivity index (χ2n) is 32.7. The molecule has 0 radical (unpaired) electrons. The predicted octanol–water partition coefficient (Wildman–Crippen LogP) is 35.2. The van der Waals surface area contributed by atoms with Crippen LogP contribution in [0.3, 0.4) is 0 Å². The fourth-order valence-electron chi connectivity index (χ4n) is 19.7. The van der Waals surface area contributed by atoms with Gasteiger partial charge in [0.15, 0.2) is 0 Å². The number of hydrogen-bond donors (Lipinski definition) is 0. The van der Waals surface area contributed by atoms with E-state index < -0.39 is 0 Å². The molecule has 0 spiro atoms. The van der Waals surface area contributed by atoms with Crippen molar-refractivity contribution in [3.05, 3.63) is 418 Å². The van der Waals surface area contributed by atoms with Crippen molar-refractivity contribution in [3.63, 3.8) is 0 Å². The summed E-state index contributed by atoms with van der Waals surface area (Å²) in [6, 6.07) is 155. The fraction of sp³-hybridized carbons (Fsp3) is 0.0517. The lowest BCUT2D eigenvalue weighted by Crippen LogP contribution is -2.14. The van der Waals surface area contributed by atoms with Crippen molar-refractivity contribution < 1.29 is 0 Å². The minimum Gasteiger partial charge on any atom is -0.310 e. The average molecular weight is 1630 g/mol. The Morgan fingerprint density at radius 2 is 0.648 bits per heavy atom. The van der Waals surface area contributed by atoms with Crippen LogP contribution in [-0.4, -0.2) is 5.25 Å². The molecule has 576 valence electrons. The Bertz CT molecular complexity index is 7920. The molecule has 0 saturated heterocycles. The predicted molar refractivity (Wildman–Crippen MR) is 529 cm³/mol. The van der Waals surface area contributed by atoms with Crippen LogP contribution in [0.2, 0.25) is 0 Å². The lowest BCUT2D eigenvalue weighted by Gasteiger charge is -2.29. The highest BCUT2D eigenvalue weighted by atomic mass is 32.2. The van der Waals surface area contributed by atoms with E-state index in [0.29, 0.717) is 11.2 Å². The van der Waals surface area contributed by atoms with Gasteiger partial charge in [0, 0.05) is 105 Å². The van der Waals surface area contributed by atoms with Gasteiger partial charge in [0.25, 0.3) is 0 Å². The zero-order valence-electron chi connectivity index (χ0n) is 66.8. The van der Waals surface area contributed by atoms with E-state index in [1.165, 1.54) is 174 Å². The molecule has 1 fully saturated rings. The lowest BCUT2D eigenvalue weighted by molar-refractivity contribution is 0.461. The van der Waals surface area contributed by atoms with Crippen LogP contribution in [0.5, 0.6) is 0 Å². The van der Waals surface area contributed by atoms with E-state index in [4.69, 9.17) is 0 Å². The Kier molecular flexibility index (Phi) is 17.9. The molecule has 1 aliphatic heterocycles. The number of hydrogen-bond acceptors (Lipinski definition) is 6. The first-order chi connectivity index (χ1) is 60.4. The first kappa shape index (κ1) is 72.3. The van der Waals surface area contributed by atoms with Gasteiger partial charge in [0.1, 0.15) is 0 Å². The van der Waals surface area contributed by atoms with Gasteiger partial charge in [-0.15, -0.1) is 45.8 Å². The minimum atomic E-state index is 0.665. The molecule has 0 amide bonds. The largest absolute Gasteiger partial charge is 0.310 e. The molecule has 0 N–H and O–H groups in total. The maximum absolute atomic E-state index is 2.49. The molecule has 4 heterocycles. The van der Waals surface area contributed by atoms with Crippen LogP contribution in [0.25, 0.3) is 182 Å². The summed E-state index contributed by atoms with van der Waals surface area (Å²) in [5.41, 5.74) is 29.6. The Balaban J connectivity index is 0.600. The lowest BCUT2D eigenvalue weighted by atomic mass is 9.83. The van der Waals surface area contributed by atoms with Gasteiger partial charge in [-0.3, -0.25) is 0 Å². The maximum Gasteiger partial charge on any atom is 0.0540 e. The molecule has 1 saturated carbocycles. The number of anilines is 6. The first-order valence-electron chi connectivity index (χ1n) is 42.4. The van der Waals surface area contributed by atoms with E-state index in [0.717, 1.165) is 73.1 Å². The highest BCUT2D eigenvalue weighted by molar-refractivity contribution is 8.00. The topological polar surface area (TPSA) is 6.48 Å². The van der Waals surface area contributed by atoms with E-state index in [1.54, 1.807) is 5.56 Å². The summed E-state index contributed by atoms with van der Waals surface area (Å²) in [6.07, 6.45) is 5.28. The molecule has 1 aliphatic carbocycles. The van der Waals surface area contributed by atoms with Crippen LogP contribution in [0.1, 0.15) is 37.2 Å². The molecular formula is C116H78N2S4. The number of para-hydroxylation sites is 1. The van der Waals surface area contributed by atoms with Gasteiger partial charge in [0.05, 0.1) is 11.4 Å². The molecule has 2 nitrogen and oxygen atoms in total. The third-order valence-electron chi connectivity index (χ3n) is 25.7. The monoisotopic (exact) mass is 1630 g/mol. The van der Waals surface area contributed by atoms with E-state index in [2.05, 4.69) is 434 Å². The van der Waals surface area contributed by atoms with Gasteiger partial charge in [-0.2, -0.15) is 0 Å². The molecule has 2 atom stereocenters. The Morgan fingerprint density at radius 1 is 0.221 bits per heavy atom. The Morgan fingerprint density at radius 3 is 1.32 bits per heavy atom. The summed E-state index contributed by atoms with van der Waals surface area (Å²) in [7, 11) is 0. The number of benzene rings is 19. The summed E-state index contributed by atoms with van der Waals surface area (Å²) in [5.74, 6) is 0.665. The van der Waals surface area contributed by atoms with E-state index in [-0.39, 0.29) is 0 Å². The van der Waals surface area contributed by atoms with Gasteiger partial charge in [0.2, 0.25) is 0 Å². The van der Waals surface area contributed by atoms with Gasteiger partial charge in [-0.05, 0) is 250 Å². The van der Waals surface area contributed by atoms with Crippen molar-refractivity contribution in [1.82, 2.24) is 0 Å². The molecule has 6 heteroatoms. The molecule has 2 aliphatic rings. The highest BCUT2D eigenvalue weighted by Crippen LogP contribution is 2.56. The fourth-order valence-corrected chi connectivity index (χ4v) is 25.1. The number of thioether (sulfide) groups is 1. The van der Waals surface area contributed by atoms with Gasteiger partial charge in [-0.25, -0.2) is 0 Å². The minimum absolute atomic E-state index is 0.665. The van der Waals surface area contributed by atoms with Crippen LogP contribution in [-0.2, 0) is 0 Å². The quantitative estimate of drug-likeness (QED) is 0.101. The van der Waals surface area contributed by atoms with Gasteiger partial charge < -0.3 is 9.80 Å². The molecular weight excluding hydrogens is 1550 g/mol. The van der Waals surface area contributed by atoms with E-state index in [9.17, 15) is 0 Å². The Hall–Kier alpha value is -13.7. The van der Waals surface area contributed by atoms with Crippen molar-refractivity contribution in [3.8, 4) is 100 Å². The summed E-state index contributed by atoms with van der Waals surface area (Å²) in [5, 5.41) is 13.3. The van der Waals surface area contributed by atoms with Crippen LogP contribution in [0.15, 0.2) is 417 Å². The first-order valence-corrected chi connectivity index (χ1v) is 45.8. The van der Waals surface area contributed by atoms with Crippen molar-refractivity contribution in [2.75, 3.05) is 9.80 Å². The summed E-state index contributed by atoms with van der Waals surface area (Å²) in [4.78, 5) is 6.46. The third-order valence-corrected chi connectivity index (χ3v) is 30.8. The summed E-state index contributed by atoms with van der Waals surface area (Å²) in [6.45, 7) is 0. The molecule has 24 rings (SSSR count). The van der Waals surface area contributed by atoms with Gasteiger partial charge in [-0.1, -0.05) is 310 Å². The summed E-state index contributed by atoms with van der Waals surface area (Å²) < 4.78 is 7.75. The van der Waals surface area contributed by atoms with Crippen LogP contribution >= 0.6 is 45.8 Å². The molecule has 122 heavy (non-hydrogen) atoms. The number of fused-ring (bicyclic) bond motifs is 14. The van der Waals surface area contributed by atoms with E-state index >= 15 is 0 Å². The van der Waals surface area contributed by atoms with Crippen molar-refractivity contribution in [2.24, 2.45) is 0 Å². The second-order valence-corrected chi connectivity index (χ2v) is 37.2. The maximum atomic E-state index is 2.49. The molecule has 3 aromatic heterocycles. The second kappa shape index (κ2) is 30.2. The molecule has 2 unspecified atom stereocenters. The number of nitrogens with zero attached hydrogens (tertiary/aromatic N) is 2. The zero-order chi connectivity index (χ0) is 80.3. The van der Waals surface area contributed by atoms with Crippen LogP contribution in [0, 0.1) is 0 Å². The van der Waals surface area contributed by atoms with Crippen molar-refractivity contribution in [2.45, 2.75) is 41.7 Å². The van der Waals surface area contributed by atoms with Crippen molar-refractivity contribution >= 4 is 162 Å². The SMILES string of the molecule is c1cc(-c2cccc(N(c3ccc(-c4cccc5sc6ccccc6c45)cc3)c3ccc(-c4ccc5c(c4)sc4c(-c6cccc(-c7cccc(N(c8ccc(-c9cccc%10c9SC9CCCCC%109)cc8)c8ccccc8-c8ccc9ccccc9c8)c7)c6)cccc45)cc3-c3ccc4ccccc4c3)c2)cc(-c2cccc3c2sc2ccccc23)c1. The normalized spacial score (nSPS) is 13.9. The zero-order valence-corrected chi connectivity index (χ0v) is 70.0. The summed E-state index contributed by atoms with van der Waals surface area (Å²) >= 11 is 7.78. The Labute approximate surface area is 725 Å². The average Bonchev–Trinajstić information content (AvgIpc) is 1.73. The standard InChI is InChI=1S/C116H78N2S4/c1-3-23-77-65-87(51-49-73(77)21-1)93-33-5-9-44-106(93)117(89-61-55-76(56-62-89)95-38-17-41-101-98-34-6-10-45-108(98)120-114(95)101)91-31-15-27-81(69-91)80-26-14-30-86(68-80)97-40-19-43-103-100-63-57-84(72-112(100)122-116(97)103)83-58-64-107(105(71-83)88-52-50-74-22-2-4-24-78(74)66-88)118(90-59-53-75(54-60-90)94-37-20-48-111-113(94)104-36-8-12-47-110(104)119-111)92-32-16-28-82(70-92)79-25-13-29-85(67-79)96-39-18-42-102-99-35-7-11-46-109(99)121-115(96)102/h1-5,7-9,11-33,35-44,46-72,98,108H,6,10,34,45H2. The smallest absolute Gasteiger partial charge is 0.0540 e. The molecule has 22 aromatic rings. The van der Waals surface area contributed by atoms with Crippen molar-refractivity contribution in [1.29, 1.82) is 0 Å². The van der Waals surface area contributed by atoms with Gasteiger partial charge >= 0.3 is 0 Å². The van der Waals surface area contributed by atoms with Crippen LogP contribution < -0.4 is 9.80 Å². The third kappa shape index (κ3) is 12.7. The highest BCUT2D eigenvalue weighted by Gasteiger charge is 2.37. The van der Waals surface area contributed by atoms with Crippen LogP contribution in [0.4, 0.5) is 34.1 Å². The molecule has 0 bridgehead atoms. The van der Waals surface area contributed by atoms with E-state index in [1.807, 2.05) is 34.0 Å².